The molecule has 22 heavy (non-hydrogen) atoms. The molecule has 1 heterocycles. The van der Waals surface area contributed by atoms with Crippen molar-refractivity contribution < 1.29 is 0 Å². The number of nitriles is 1. The van der Waals surface area contributed by atoms with E-state index in [0.29, 0.717) is 0 Å². The van der Waals surface area contributed by atoms with Crippen molar-refractivity contribution in [3.05, 3.63) is 70.2 Å². The van der Waals surface area contributed by atoms with Crippen molar-refractivity contribution >= 4 is 15.9 Å². The van der Waals surface area contributed by atoms with E-state index in [-0.39, 0.29) is 5.41 Å². The highest BCUT2D eigenvalue weighted by atomic mass is 79.9. The largest absolute Gasteiger partial charge is 0.299 e. The summed E-state index contributed by atoms with van der Waals surface area (Å²) in [4.78, 5) is 2.45. The molecular formula is C19H19BrN2. The zero-order valence-electron chi connectivity index (χ0n) is 12.5. The SMILES string of the molecule is N#CC1(c2ccc(Br)cc2)CCN(Cc2ccccc2)CC1. The minimum atomic E-state index is -0.326. The fourth-order valence-corrected chi connectivity index (χ4v) is 3.43. The fourth-order valence-electron chi connectivity index (χ4n) is 3.17. The van der Waals surface area contributed by atoms with E-state index in [2.05, 4.69) is 63.3 Å². The van der Waals surface area contributed by atoms with Crippen LogP contribution in [0.15, 0.2) is 59.1 Å². The lowest BCUT2D eigenvalue weighted by Gasteiger charge is -2.37. The van der Waals surface area contributed by atoms with Crippen LogP contribution >= 0.6 is 15.9 Å². The van der Waals surface area contributed by atoms with Gasteiger partial charge in [0, 0.05) is 24.1 Å². The van der Waals surface area contributed by atoms with Crippen LogP contribution in [-0.2, 0) is 12.0 Å². The van der Waals surface area contributed by atoms with Gasteiger partial charge in [0.25, 0.3) is 0 Å². The third kappa shape index (κ3) is 3.24. The summed E-state index contributed by atoms with van der Waals surface area (Å²) >= 11 is 3.46. The molecular weight excluding hydrogens is 336 g/mol. The minimum Gasteiger partial charge on any atom is -0.299 e. The molecule has 3 heteroatoms. The second-order valence-corrected chi connectivity index (χ2v) is 6.88. The average Bonchev–Trinajstić information content (AvgIpc) is 2.57. The van der Waals surface area contributed by atoms with Gasteiger partial charge in [-0.3, -0.25) is 4.90 Å². The second-order valence-electron chi connectivity index (χ2n) is 5.96. The van der Waals surface area contributed by atoms with Gasteiger partial charge in [-0.25, -0.2) is 0 Å². The highest BCUT2D eigenvalue weighted by Crippen LogP contribution is 2.35. The summed E-state index contributed by atoms with van der Waals surface area (Å²) in [6.45, 7) is 2.92. The van der Waals surface area contributed by atoms with Crippen LogP contribution in [0.1, 0.15) is 24.0 Å². The monoisotopic (exact) mass is 354 g/mol. The van der Waals surface area contributed by atoms with Crippen LogP contribution in [0.2, 0.25) is 0 Å². The lowest BCUT2D eigenvalue weighted by atomic mass is 9.74. The molecule has 1 aliphatic heterocycles. The van der Waals surface area contributed by atoms with E-state index in [0.717, 1.165) is 42.5 Å². The lowest BCUT2D eigenvalue weighted by molar-refractivity contribution is 0.179. The highest BCUT2D eigenvalue weighted by Gasteiger charge is 2.36. The Morgan fingerprint density at radius 1 is 1.00 bits per heavy atom. The van der Waals surface area contributed by atoms with Gasteiger partial charge in [-0.2, -0.15) is 5.26 Å². The Morgan fingerprint density at radius 3 is 2.23 bits per heavy atom. The van der Waals surface area contributed by atoms with Gasteiger partial charge in [0.2, 0.25) is 0 Å². The van der Waals surface area contributed by atoms with Gasteiger partial charge in [0.15, 0.2) is 0 Å². The Kier molecular flexibility index (Phi) is 4.61. The topological polar surface area (TPSA) is 27.0 Å². The third-order valence-corrected chi connectivity index (χ3v) is 5.10. The van der Waals surface area contributed by atoms with E-state index < -0.39 is 0 Å². The maximum atomic E-state index is 9.76. The first-order chi connectivity index (χ1) is 10.7. The minimum absolute atomic E-state index is 0.326. The molecule has 2 aromatic rings. The number of hydrogen-bond donors (Lipinski definition) is 0. The van der Waals surface area contributed by atoms with Crippen molar-refractivity contribution in [3.63, 3.8) is 0 Å². The second kappa shape index (κ2) is 6.64. The number of nitrogens with zero attached hydrogens (tertiary/aromatic N) is 2. The fraction of sp³-hybridized carbons (Fsp3) is 0.316. The van der Waals surface area contributed by atoms with Gasteiger partial charge in [0.1, 0.15) is 0 Å². The maximum absolute atomic E-state index is 9.76. The molecule has 1 fully saturated rings. The van der Waals surface area contributed by atoms with Gasteiger partial charge in [0.05, 0.1) is 11.5 Å². The normalized spacial score (nSPS) is 17.8. The molecule has 3 rings (SSSR count). The van der Waals surface area contributed by atoms with E-state index >= 15 is 0 Å². The Labute approximate surface area is 140 Å². The Hall–Kier alpha value is -1.63. The van der Waals surface area contributed by atoms with E-state index in [1.54, 1.807) is 0 Å². The molecule has 0 aromatic heterocycles. The number of likely N-dealkylation sites (tertiary alicyclic amines) is 1. The van der Waals surface area contributed by atoms with E-state index in [1.807, 2.05) is 18.2 Å². The van der Waals surface area contributed by atoms with Crippen LogP contribution in [0.4, 0.5) is 0 Å². The van der Waals surface area contributed by atoms with Gasteiger partial charge >= 0.3 is 0 Å². The van der Waals surface area contributed by atoms with Crippen molar-refractivity contribution in [2.45, 2.75) is 24.8 Å². The zero-order chi connectivity index (χ0) is 15.4. The van der Waals surface area contributed by atoms with Crippen molar-refractivity contribution in [2.24, 2.45) is 0 Å². The summed E-state index contributed by atoms with van der Waals surface area (Å²) in [5, 5.41) is 9.76. The molecule has 0 atom stereocenters. The molecule has 112 valence electrons. The Bertz CT molecular complexity index is 650. The highest BCUT2D eigenvalue weighted by molar-refractivity contribution is 9.10. The van der Waals surface area contributed by atoms with Crippen molar-refractivity contribution in [3.8, 4) is 6.07 Å². The summed E-state index contributed by atoms with van der Waals surface area (Å²) in [7, 11) is 0. The molecule has 1 aliphatic rings. The van der Waals surface area contributed by atoms with Gasteiger partial charge in [-0.1, -0.05) is 58.4 Å². The number of rotatable bonds is 3. The molecule has 0 saturated carbocycles. The summed E-state index contributed by atoms with van der Waals surface area (Å²) in [6.07, 6.45) is 1.80. The van der Waals surface area contributed by atoms with Crippen LogP contribution in [0, 0.1) is 11.3 Å². The van der Waals surface area contributed by atoms with Gasteiger partial charge in [-0.05, 0) is 36.1 Å². The standard InChI is InChI=1S/C19H19BrN2/c20-18-8-6-17(7-9-18)19(15-21)10-12-22(13-11-19)14-16-4-2-1-3-5-16/h1-9H,10-14H2. The molecule has 2 aromatic carbocycles. The Balaban J connectivity index is 1.69. The van der Waals surface area contributed by atoms with Crippen LogP contribution in [-0.4, -0.2) is 18.0 Å². The van der Waals surface area contributed by atoms with E-state index in [9.17, 15) is 5.26 Å². The first-order valence-corrected chi connectivity index (χ1v) is 8.45. The average molecular weight is 355 g/mol. The Morgan fingerprint density at radius 2 is 1.64 bits per heavy atom. The molecule has 0 N–H and O–H groups in total. The summed E-state index contributed by atoms with van der Waals surface area (Å²) < 4.78 is 1.06. The number of benzene rings is 2. The zero-order valence-corrected chi connectivity index (χ0v) is 14.1. The quantitative estimate of drug-likeness (QED) is 0.810. The lowest BCUT2D eigenvalue weighted by Crippen LogP contribution is -2.41. The molecule has 0 unspecified atom stereocenters. The maximum Gasteiger partial charge on any atom is 0.0846 e. The number of piperidine rings is 1. The van der Waals surface area contributed by atoms with Crippen LogP contribution < -0.4 is 0 Å². The van der Waals surface area contributed by atoms with Gasteiger partial charge < -0.3 is 0 Å². The first kappa shape index (κ1) is 15.3. The van der Waals surface area contributed by atoms with Crippen LogP contribution in [0.5, 0.6) is 0 Å². The smallest absolute Gasteiger partial charge is 0.0846 e. The predicted molar refractivity (Wildman–Crippen MR) is 92.4 cm³/mol. The van der Waals surface area contributed by atoms with Crippen molar-refractivity contribution in [2.75, 3.05) is 13.1 Å². The number of hydrogen-bond acceptors (Lipinski definition) is 2. The molecule has 0 radical (unpaired) electrons. The summed E-state index contributed by atoms with van der Waals surface area (Å²) in [5.41, 5.74) is 2.17. The van der Waals surface area contributed by atoms with Crippen LogP contribution in [0.25, 0.3) is 0 Å². The third-order valence-electron chi connectivity index (χ3n) is 4.57. The van der Waals surface area contributed by atoms with Crippen molar-refractivity contribution in [1.29, 1.82) is 5.26 Å². The summed E-state index contributed by atoms with van der Waals surface area (Å²) in [5.74, 6) is 0. The predicted octanol–water partition coefficient (Wildman–Crippen LogP) is 4.51. The van der Waals surface area contributed by atoms with Crippen LogP contribution in [0.3, 0.4) is 0 Å². The molecule has 0 aliphatic carbocycles. The molecule has 2 nitrogen and oxygen atoms in total. The first-order valence-electron chi connectivity index (χ1n) is 7.65. The molecule has 0 spiro atoms. The van der Waals surface area contributed by atoms with Gasteiger partial charge in [-0.15, -0.1) is 0 Å². The molecule has 1 saturated heterocycles. The summed E-state index contributed by atoms with van der Waals surface area (Å²) in [6, 6.07) is 21.4. The van der Waals surface area contributed by atoms with E-state index in [4.69, 9.17) is 0 Å². The molecule has 0 amide bonds. The van der Waals surface area contributed by atoms with E-state index in [1.165, 1.54) is 5.56 Å². The molecule has 0 bridgehead atoms. The van der Waals surface area contributed by atoms with Crippen molar-refractivity contribution in [1.82, 2.24) is 4.90 Å². The number of halogens is 1.